The minimum atomic E-state index is 0.483. The van der Waals surface area contributed by atoms with E-state index in [0.717, 1.165) is 18.0 Å². The number of likely N-dealkylation sites (tertiary alicyclic amines) is 1. The Bertz CT molecular complexity index is 430. The van der Waals surface area contributed by atoms with E-state index < -0.39 is 0 Å². The van der Waals surface area contributed by atoms with Crippen LogP contribution >= 0.6 is 12.2 Å². The fraction of sp³-hybridized carbons (Fsp3) is 0.533. The van der Waals surface area contributed by atoms with Crippen LogP contribution in [0.3, 0.4) is 0 Å². The van der Waals surface area contributed by atoms with E-state index in [0.29, 0.717) is 11.0 Å². The molecule has 2 N–H and O–H groups in total. The number of piperidine rings is 1. The van der Waals surface area contributed by atoms with Crippen molar-refractivity contribution in [2.75, 3.05) is 6.54 Å². The smallest absolute Gasteiger partial charge is 0.103 e. The summed E-state index contributed by atoms with van der Waals surface area (Å²) in [5.74, 6) is 0.860. The van der Waals surface area contributed by atoms with Gasteiger partial charge < -0.3 is 5.73 Å². The van der Waals surface area contributed by atoms with Crippen LogP contribution in [0.4, 0.5) is 0 Å². The molecule has 1 fully saturated rings. The number of hydrogen-bond acceptors (Lipinski definition) is 2. The van der Waals surface area contributed by atoms with Crippen LogP contribution in [0.2, 0.25) is 0 Å². The SMILES string of the molecule is CC1CCN(Cc2cccc(C(N)=S)c2)C(C)C1. The van der Waals surface area contributed by atoms with Gasteiger partial charge in [-0.05, 0) is 43.9 Å². The second-order valence-corrected chi connectivity index (χ2v) is 5.95. The number of rotatable bonds is 3. The monoisotopic (exact) mass is 262 g/mol. The first-order chi connectivity index (χ1) is 8.56. The van der Waals surface area contributed by atoms with E-state index in [2.05, 4.69) is 30.9 Å². The molecule has 0 aromatic heterocycles. The summed E-state index contributed by atoms with van der Waals surface area (Å²) in [7, 11) is 0. The van der Waals surface area contributed by atoms with Crippen molar-refractivity contribution in [1.82, 2.24) is 4.90 Å². The van der Waals surface area contributed by atoms with Gasteiger partial charge >= 0.3 is 0 Å². The van der Waals surface area contributed by atoms with Gasteiger partial charge in [0.15, 0.2) is 0 Å². The summed E-state index contributed by atoms with van der Waals surface area (Å²) < 4.78 is 0. The van der Waals surface area contributed by atoms with Crippen LogP contribution in [0, 0.1) is 5.92 Å². The Morgan fingerprint density at radius 3 is 2.89 bits per heavy atom. The van der Waals surface area contributed by atoms with Gasteiger partial charge in [-0.2, -0.15) is 0 Å². The van der Waals surface area contributed by atoms with Crippen molar-refractivity contribution in [2.24, 2.45) is 11.7 Å². The molecule has 0 bridgehead atoms. The van der Waals surface area contributed by atoms with Crippen molar-refractivity contribution in [2.45, 2.75) is 39.3 Å². The van der Waals surface area contributed by atoms with Gasteiger partial charge in [-0.3, -0.25) is 4.90 Å². The number of nitrogens with zero attached hydrogens (tertiary/aromatic N) is 1. The molecule has 2 nitrogen and oxygen atoms in total. The summed E-state index contributed by atoms with van der Waals surface area (Å²) in [6.07, 6.45) is 2.61. The van der Waals surface area contributed by atoms with Gasteiger partial charge in [0, 0.05) is 18.2 Å². The molecule has 18 heavy (non-hydrogen) atoms. The van der Waals surface area contributed by atoms with Gasteiger partial charge in [0.25, 0.3) is 0 Å². The van der Waals surface area contributed by atoms with E-state index >= 15 is 0 Å². The minimum Gasteiger partial charge on any atom is -0.389 e. The Labute approximate surface area is 115 Å². The molecule has 1 aromatic carbocycles. The third-order valence-corrected chi connectivity index (χ3v) is 4.11. The molecule has 1 saturated heterocycles. The first kappa shape index (κ1) is 13.5. The number of hydrogen-bond donors (Lipinski definition) is 1. The molecule has 0 aliphatic carbocycles. The fourth-order valence-electron chi connectivity index (χ4n) is 2.75. The molecule has 1 heterocycles. The van der Waals surface area contributed by atoms with E-state index in [1.165, 1.54) is 24.9 Å². The lowest BCUT2D eigenvalue weighted by molar-refractivity contribution is 0.122. The van der Waals surface area contributed by atoms with Crippen LogP contribution in [-0.2, 0) is 6.54 Å². The summed E-state index contributed by atoms with van der Waals surface area (Å²) in [5, 5.41) is 0. The average molecular weight is 262 g/mol. The molecule has 98 valence electrons. The van der Waals surface area contributed by atoms with E-state index in [4.69, 9.17) is 18.0 Å². The van der Waals surface area contributed by atoms with Gasteiger partial charge in [-0.15, -0.1) is 0 Å². The first-order valence-electron chi connectivity index (χ1n) is 6.69. The van der Waals surface area contributed by atoms with E-state index in [1.54, 1.807) is 0 Å². The molecule has 2 unspecified atom stereocenters. The molecule has 0 spiro atoms. The number of benzene rings is 1. The van der Waals surface area contributed by atoms with E-state index in [-0.39, 0.29) is 0 Å². The summed E-state index contributed by atoms with van der Waals surface area (Å²) in [6.45, 7) is 6.87. The van der Waals surface area contributed by atoms with Gasteiger partial charge in [-0.25, -0.2) is 0 Å². The lowest BCUT2D eigenvalue weighted by atomic mass is 9.93. The highest BCUT2D eigenvalue weighted by atomic mass is 32.1. The quantitative estimate of drug-likeness (QED) is 0.849. The van der Waals surface area contributed by atoms with Crippen LogP contribution < -0.4 is 5.73 Å². The maximum atomic E-state index is 5.68. The zero-order valence-electron chi connectivity index (χ0n) is 11.2. The maximum Gasteiger partial charge on any atom is 0.103 e. The van der Waals surface area contributed by atoms with Gasteiger partial charge in [0.2, 0.25) is 0 Å². The van der Waals surface area contributed by atoms with Gasteiger partial charge in [-0.1, -0.05) is 37.3 Å². The molecular weight excluding hydrogens is 240 g/mol. The Hall–Kier alpha value is -0.930. The Kier molecular flexibility index (Phi) is 4.36. The Morgan fingerprint density at radius 2 is 2.22 bits per heavy atom. The normalized spacial score (nSPS) is 25.0. The van der Waals surface area contributed by atoms with Crippen molar-refractivity contribution in [3.8, 4) is 0 Å². The van der Waals surface area contributed by atoms with Crippen LogP contribution in [0.5, 0.6) is 0 Å². The predicted molar refractivity (Wildman–Crippen MR) is 80.6 cm³/mol. The van der Waals surface area contributed by atoms with Crippen LogP contribution in [0.1, 0.15) is 37.8 Å². The third-order valence-electron chi connectivity index (χ3n) is 3.87. The zero-order chi connectivity index (χ0) is 13.1. The lowest BCUT2D eigenvalue weighted by Gasteiger charge is -2.36. The summed E-state index contributed by atoms with van der Waals surface area (Å²) in [6, 6.07) is 8.97. The fourth-order valence-corrected chi connectivity index (χ4v) is 2.88. The van der Waals surface area contributed by atoms with Crippen molar-refractivity contribution in [3.63, 3.8) is 0 Å². The van der Waals surface area contributed by atoms with Crippen molar-refractivity contribution >= 4 is 17.2 Å². The van der Waals surface area contributed by atoms with Crippen molar-refractivity contribution in [3.05, 3.63) is 35.4 Å². The highest BCUT2D eigenvalue weighted by Crippen LogP contribution is 2.23. The highest BCUT2D eigenvalue weighted by Gasteiger charge is 2.22. The molecule has 2 rings (SSSR count). The molecule has 0 amide bonds. The zero-order valence-corrected chi connectivity index (χ0v) is 12.0. The third kappa shape index (κ3) is 3.30. The van der Waals surface area contributed by atoms with Crippen molar-refractivity contribution in [1.29, 1.82) is 0 Å². The van der Waals surface area contributed by atoms with Crippen LogP contribution in [-0.4, -0.2) is 22.5 Å². The van der Waals surface area contributed by atoms with Gasteiger partial charge in [0.1, 0.15) is 4.99 Å². The largest absolute Gasteiger partial charge is 0.389 e. The van der Waals surface area contributed by atoms with Crippen LogP contribution in [0.25, 0.3) is 0 Å². The molecule has 1 aliphatic heterocycles. The molecule has 0 radical (unpaired) electrons. The molecular formula is C15H22N2S. The second kappa shape index (κ2) is 5.81. The first-order valence-corrected chi connectivity index (χ1v) is 7.10. The Balaban J connectivity index is 2.05. The minimum absolute atomic E-state index is 0.483. The number of nitrogens with two attached hydrogens (primary N) is 1. The second-order valence-electron chi connectivity index (χ2n) is 5.51. The molecule has 2 atom stereocenters. The summed E-state index contributed by atoms with van der Waals surface area (Å²) in [4.78, 5) is 3.04. The maximum absolute atomic E-state index is 5.68. The highest BCUT2D eigenvalue weighted by molar-refractivity contribution is 7.80. The lowest BCUT2D eigenvalue weighted by Crippen LogP contribution is -2.39. The topological polar surface area (TPSA) is 29.3 Å². The molecule has 1 aromatic rings. The molecule has 0 saturated carbocycles. The summed E-state index contributed by atoms with van der Waals surface area (Å²) in [5.41, 5.74) is 7.96. The van der Waals surface area contributed by atoms with Gasteiger partial charge in [0.05, 0.1) is 0 Å². The van der Waals surface area contributed by atoms with E-state index in [1.807, 2.05) is 12.1 Å². The summed E-state index contributed by atoms with van der Waals surface area (Å²) >= 11 is 5.03. The standard InChI is InChI=1S/C15H22N2S/c1-11-6-7-17(12(2)8-11)10-13-4-3-5-14(9-13)15(16)18/h3-5,9,11-12H,6-8,10H2,1-2H3,(H2,16,18). The van der Waals surface area contributed by atoms with E-state index in [9.17, 15) is 0 Å². The predicted octanol–water partition coefficient (Wildman–Crippen LogP) is 2.94. The van der Waals surface area contributed by atoms with Crippen LogP contribution in [0.15, 0.2) is 24.3 Å². The van der Waals surface area contributed by atoms with Crippen molar-refractivity contribution < 1.29 is 0 Å². The Morgan fingerprint density at radius 1 is 1.44 bits per heavy atom. The number of thiocarbonyl (C=S) groups is 1. The molecule has 1 aliphatic rings. The average Bonchev–Trinajstić information content (AvgIpc) is 2.33. The molecule has 3 heteroatoms.